The highest BCUT2D eigenvalue weighted by Crippen LogP contribution is 2.30. The number of nitrogens with one attached hydrogen (secondary N) is 3. The summed E-state index contributed by atoms with van der Waals surface area (Å²) in [5.41, 5.74) is 1.26. The molecule has 0 aliphatic carbocycles. The second-order valence-corrected chi connectivity index (χ2v) is 8.72. The maximum Gasteiger partial charge on any atom is 0.233 e. The number of rotatable bonds is 8. The van der Waals surface area contributed by atoms with E-state index < -0.39 is 0 Å². The van der Waals surface area contributed by atoms with Gasteiger partial charge in [0, 0.05) is 32.7 Å². The smallest absolute Gasteiger partial charge is 0.233 e. The summed E-state index contributed by atoms with van der Waals surface area (Å²) in [5.74, 6) is 1.83. The number of amides is 1. The van der Waals surface area contributed by atoms with E-state index in [0.717, 1.165) is 44.2 Å². The van der Waals surface area contributed by atoms with Crippen molar-refractivity contribution in [1.82, 2.24) is 20.9 Å². The van der Waals surface area contributed by atoms with E-state index in [9.17, 15) is 4.79 Å². The Morgan fingerprint density at radius 3 is 2.52 bits per heavy atom. The number of likely N-dealkylation sites (tertiary alicyclic amines) is 1. The van der Waals surface area contributed by atoms with E-state index in [4.69, 9.17) is 4.74 Å². The van der Waals surface area contributed by atoms with Crippen molar-refractivity contribution in [3.8, 4) is 5.75 Å². The largest absolute Gasteiger partial charge is 0.491 e. The average Bonchev–Trinajstić information content (AvgIpc) is 2.72. The normalized spacial score (nSPS) is 15.7. The van der Waals surface area contributed by atoms with Gasteiger partial charge in [0.05, 0.1) is 13.1 Å². The minimum atomic E-state index is 0. The molecule has 1 saturated heterocycles. The fourth-order valence-corrected chi connectivity index (χ4v) is 3.56. The number of para-hydroxylation sites is 1. The zero-order chi connectivity index (χ0) is 22.0. The number of benzene rings is 1. The van der Waals surface area contributed by atoms with Crippen LogP contribution < -0.4 is 20.7 Å². The third-order valence-corrected chi connectivity index (χ3v) is 5.23. The van der Waals surface area contributed by atoms with Crippen LogP contribution in [0.4, 0.5) is 0 Å². The second kappa shape index (κ2) is 13.8. The summed E-state index contributed by atoms with van der Waals surface area (Å²) >= 11 is 0. The van der Waals surface area contributed by atoms with E-state index in [2.05, 4.69) is 65.7 Å². The second-order valence-electron chi connectivity index (χ2n) is 8.72. The van der Waals surface area contributed by atoms with Crippen LogP contribution >= 0.6 is 24.0 Å². The quantitative estimate of drug-likeness (QED) is 0.203. The lowest BCUT2D eigenvalue weighted by Gasteiger charge is -2.32. The van der Waals surface area contributed by atoms with Crippen LogP contribution in [0.3, 0.4) is 0 Å². The molecule has 1 aliphatic rings. The molecule has 1 fully saturated rings. The van der Waals surface area contributed by atoms with E-state index in [-0.39, 0.29) is 35.3 Å². The number of piperidine rings is 1. The fourth-order valence-electron chi connectivity index (χ4n) is 3.56. The molecular formula is C23H40IN5O2. The molecule has 7 nitrogen and oxygen atoms in total. The topological polar surface area (TPSA) is 78.0 Å². The molecule has 1 heterocycles. The van der Waals surface area contributed by atoms with Gasteiger partial charge in [-0.15, -0.1) is 24.0 Å². The van der Waals surface area contributed by atoms with Gasteiger partial charge in [-0.05, 0) is 36.8 Å². The molecular weight excluding hydrogens is 505 g/mol. The van der Waals surface area contributed by atoms with Gasteiger partial charge in [0.25, 0.3) is 0 Å². The summed E-state index contributed by atoms with van der Waals surface area (Å²) < 4.78 is 6.04. The number of aliphatic imine (C=N–C) groups is 1. The van der Waals surface area contributed by atoms with Crippen molar-refractivity contribution in [3.63, 3.8) is 0 Å². The molecule has 0 bridgehead atoms. The summed E-state index contributed by atoms with van der Waals surface area (Å²) in [6.45, 7) is 12.9. The van der Waals surface area contributed by atoms with Gasteiger partial charge < -0.3 is 20.7 Å². The molecule has 1 aromatic carbocycles. The number of hydrogen-bond donors (Lipinski definition) is 3. The van der Waals surface area contributed by atoms with Crippen LogP contribution in [0.2, 0.25) is 0 Å². The molecule has 0 unspecified atom stereocenters. The first kappa shape index (κ1) is 27.5. The van der Waals surface area contributed by atoms with Gasteiger partial charge in [-0.2, -0.15) is 0 Å². The molecule has 3 N–H and O–H groups in total. The van der Waals surface area contributed by atoms with E-state index in [1.807, 2.05) is 12.1 Å². The predicted octanol–water partition coefficient (Wildman–Crippen LogP) is 2.75. The van der Waals surface area contributed by atoms with Crippen LogP contribution in [0, 0.1) is 0 Å². The van der Waals surface area contributed by atoms with Crippen molar-refractivity contribution in [3.05, 3.63) is 29.8 Å². The average molecular weight is 546 g/mol. The van der Waals surface area contributed by atoms with Gasteiger partial charge in [0.2, 0.25) is 5.91 Å². The Hall–Kier alpha value is -1.55. The molecule has 31 heavy (non-hydrogen) atoms. The van der Waals surface area contributed by atoms with E-state index >= 15 is 0 Å². The molecule has 0 radical (unpaired) electrons. The number of carbonyl (C=O) groups excluding carboxylic acids is 1. The van der Waals surface area contributed by atoms with Gasteiger partial charge in [-0.1, -0.05) is 39.0 Å². The zero-order valence-corrected chi connectivity index (χ0v) is 22.0. The Morgan fingerprint density at radius 2 is 1.90 bits per heavy atom. The number of likely N-dealkylation sites (N-methyl/N-ethyl adjacent to an activating group) is 1. The SMILES string of the molecule is CCNC(=NCCOc1ccccc1C(C)(C)C)NC1CCN(CC(=O)NC)CC1.I. The molecule has 1 aromatic rings. The van der Waals surface area contributed by atoms with Crippen LogP contribution in [0.5, 0.6) is 5.75 Å². The Balaban J connectivity index is 0.00000480. The first-order chi connectivity index (χ1) is 14.3. The van der Waals surface area contributed by atoms with E-state index in [0.29, 0.717) is 25.7 Å². The van der Waals surface area contributed by atoms with E-state index in [1.165, 1.54) is 5.56 Å². The molecule has 1 aliphatic heterocycles. The van der Waals surface area contributed by atoms with Crippen LogP contribution in [0.1, 0.15) is 46.1 Å². The summed E-state index contributed by atoms with van der Waals surface area (Å²) in [5, 5.41) is 9.54. The molecule has 176 valence electrons. The minimum Gasteiger partial charge on any atom is -0.491 e. The maximum atomic E-state index is 11.5. The van der Waals surface area contributed by atoms with Crippen LogP contribution in [-0.2, 0) is 10.2 Å². The third-order valence-electron chi connectivity index (χ3n) is 5.23. The molecule has 0 atom stereocenters. The van der Waals surface area contributed by atoms with Crippen LogP contribution in [0.15, 0.2) is 29.3 Å². The Labute approximate surface area is 204 Å². The number of guanidine groups is 1. The minimum absolute atomic E-state index is 0. The summed E-state index contributed by atoms with van der Waals surface area (Å²) in [6.07, 6.45) is 1.99. The molecule has 8 heteroatoms. The van der Waals surface area contributed by atoms with Crippen molar-refractivity contribution in [2.24, 2.45) is 4.99 Å². The fraction of sp³-hybridized carbons (Fsp3) is 0.652. The maximum absolute atomic E-state index is 11.5. The zero-order valence-electron chi connectivity index (χ0n) is 19.7. The molecule has 2 rings (SSSR count). The van der Waals surface area contributed by atoms with E-state index in [1.54, 1.807) is 7.05 Å². The van der Waals surface area contributed by atoms with Crippen molar-refractivity contribution in [2.75, 3.05) is 46.4 Å². The van der Waals surface area contributed by atoms with Gasteiger partial charge in [-0.3, -0.25) is 9.69 Å². The highest BCUT2D eigenvalue weighted by molar-refractivity contribution is 14.0. The van der Waals surface area contributed by atoms with Gasteiger partial charge in [-0.25, -0.2) is 4.99 Å². The number of hydrogen-bond acceptors (Lipinski definition) is 4. The molecule has 0 aromatic heterocycles. The monoisotopic (exact) mass is 545 g/mol. The van der Waals surface area contributed by atoms with Gasteiger partial charge >= 0.3 is 0 Å². The first-order valence-electron chi connectivity index (χ1n) is 11.0. The molecule has 0 spiro atoms. The third kappa shape index (κ3) is 9.64. The Morgan fingerprint density at radius 1 is 1.23 bits per heavy atom. The first-order valence-corrected chi connectivity index (χ1v) is 11.0. The van der Waals surface area contributed by atoms with Crippen molar-refractivity contribution >= 4 is 35.8 Å². The number of carbonyl (C=O) groups is 1. The highest BCUT2D eigenvalue weighted by Gasteiger charge is 2.21. The highest BCUT2D eigenvalue weighted by atomic mass is 127. The summed E-state index contributed by atoms with van der Waals surface area (Å²) in [6, 6.07) is 8.58. The molecule has 0 saturated carbocycles. The number of nitrogens with zero attached hydrogens (tertiary/aromatic N) is 2. The van der Waals surface area contributed by atoms with Crippen molar-refractivity contribution in [2.45, 2.75) is 52.0 Å². The Kier molecular flexibility index (Phi) is 12.2. The summed E-state index contributed by atoms with van der Waals surface area (Å²) in [7, 11) is 1.68. The van der Waals surface area contributed by atoms with Gasteiger partial charge in [0.1, 0.15) is 12.4 Å². The lowest BCUT2D eigenvalue weighted by molar-refractivity contribution is -0.122. The van der Waals surface area contributed by atoms with Crippen LogP contribution in [0.25, 0.3) is 0 Å². The predicted molar refractivity (Wildman–Crippen MR) is 139 cm³/mol. The summed E-state index contributed by atoms with van der Waals surface area (Å²) in [4.78, 5) is 18.4. The van der Waals surface area contributed by atoms with Crippen LogP contribution in [-0.4, -0.2) is 69.2 Å². The lowest BCUT2D eigenvalue weighted by Crippen LogP contribution is -2.50. The Bertz CT molecular complexity index is 697. The number of halogens is 1. The van der Waals surface area contributed by atoms with Crippen molar-refractivity contribution < 1.29 is 9.53 Å². The van der Waals surface area contributed by atoms with Gasteiger partial charge in [0.15, 0.2) is 5.96 Å². The standard InChI is InChI=1S/C23H39N5O2.HI/c1-6-25-22(27-18-11-14-28(15-12-18)17-21(29)24-5)26-13-16-30-20-10-8-7-9-19(20)23(2,3)4;/h7-10,18H,6,11-17H2,1-5H3,(H,24,29)(H2,25,26,27);1H. The lowest BCUT2D eigenvalue weighted by atomic mass is 9.86. The van der Waals surface area contributed by atoms with Crippen molar-refractivity contribution in [1.29, 1.82) is 0 Å². The molecule has 1 amide bonds. The number of ether oxygens (including phenoxy) is 1.